The summed E-state index contributed by atoms with van der Waals surface area (Å²) in [4.78, 5) is 12.9. The molecular weight excluding hydrogens is 246 g/mol. The molecule has 94 valence electrons. The van der Waals surface area contributed by atoms with Crippen LogP contribution >= 0.6 is 11.3 Å². The highest BCUT2D eigenvalue weighted by Gasteiger charge is 2.16. The molecule has 0 aliphatic heterocycles. The molecule has 3 nitrogen and oxygen atoms in total. The fourth-order valence-electron chi connectivity index (χ4n) is 1.59. The average molecular weight is 261 g/mol. The van der Waals surface area contributed by atoms with E-state index in [4.69, 9.17) is 10.5 Å². The summed E-state index contributed by atoms with van der Waals surface area (Å²) in [5, 5.41) is 2.01. The molecule has 1 aromatic carbocycles. The first-order valence-corrected chi connectivity index (χ1v) is 6.65. The number of nitrogens with two attached hydrogens (primary N) is 1. The molecule has 0 bridgehead atoms. The van der Waals surface area contributed by atoms with E-state index in [-0.39, 0.29) is 5.97 Å². The zero-order chi connectivity index (χ0) is 12.8. The summed E-state index contributed by atoms with van der Waals surface area (Å²) in [5.41, 5.74) is 6.60. The van der Waals surface area contributed by atoms with Crippen molar-refractivity contribution in [2.24, 2.45) is 5.73 Å². The van der Waals surface area contributed by atoms with Crippen LogP contribution in [0, 0.1) is 0 Å². The molecule has 18 heavy (non-hydrogen) atoms. The van der Waals surface area contributed by atoms with Gasteiger partial charge in [0.15, 0.2) is 0 Å². The lowest BCUT2D eigenvalue weighted by Crippen LogP contribution is -2.24. The minimum Gasteiger partial charge on any atom is -0.464 e. The number of ether oxygens (including phenoxy) is 1. The first kappa shape index (κ1) is 12.8. The Hall–Kier alpha value is -1.65. The number of benzene rings is 1. The van der Waals surface area contributed by atoms with Gasteiger partial charge in [0, 0.05) is 11.3 Å². The molecule has 0 amide bonds. The van der Waals surface area contributed by atoms with E-state index in [1.807, 2.05) is 47.8 Å². The number of hydrogen-bond acceptors (Lipinski definition) is 4. The Kier molecular flexibility index (Phi) is 4.50. The van der Waals surface area contributed by atoms with E-state index in [0.717, 1.165) is 12.0 Å². The van der Waals surface area contributed by atoms with Crippen molar-refractivity contribution < 1.29 is 9.53 Å². The van der Waals surface area contributed by atoms with Crippen molar-refractivity contribution in [1.29, 1.82) is 0 Å². The number of thiophene rings is 1. The molecule has 0 radical (unpaired) electrons. The first-order chi connectivity index (χ1) is 8.77. The molecule has 0 aliphatic carbocycles. The van der Waals surface area contributed by atoms with E-state index in [2.05, 4.69) is 0 Å². The van der Waals surface area contributed by atoms with Crippen LogP contribution in [0.3, 0.4) is 0 Å². The van der Waals surface area contributed by atoms with E-state index < -0.39 is 6.04 Å². The molecule has 0 saturated carbocycles. The summed E-state index contributed by atoms with van der Waals surface area (Å²) in [7, 11) is 0. The standard InChI is InChI=1S/C14H15NO2S/c15-13(11-5-2-1-3-6-11)14(16)17-9-8-12-7-4-10-18-12/h1-7,10,13H,8-9,15H2. The van der Waals surface area contributed by atoms with Crippen LogP contribution < -0.4 is 5.73 Å². The lowest BCUT2D eigenvalue weighted by molar-refractivity contribution is -0.145. The van der Waals surface area contributed by atoms with E-state index in [1.54, 1.807) is 11.3 Å². The molecule has 2 rings (SSSR count). The average Bonchev–Trinajstić information content (AvgIpc) is 2.92. The van der Waals surface area contributed by atoms with Gasteiger partial charge in [0.05, 0.1) is 6.61 Å². The number of carbonyl (C=O) groups is 1. The molecule has 1 unspecified atom stereocenters. The highest BCUT2D eigenvalue weighted by atomic mass is 32.1. The smallest absolute Gasteiger partial charge is 0.327 e. The monoisotopic (exact) mass is 261 g/mol. The Balaban J connectivity index is 1.81. The summed E-state index contributed by atoms with van der Waals surface area (Å²) in [5.74, 6) is -0.377. The third kappa shape index (κ3) is 3.42. The molecule has 1 aromatic heterocycles. The predicted molar refractivity (Wildman–Crippen MR) is 72.4 cm³/mol. The molecular formula is C14H15NO2S. The second-order valence-corrected chi connectivity index (χ2v) is 4.92. The summed E-state index contributed by atoms with van der Waals surface area (Å²) in [6.45, 7) is 0.375. The Labute approximate surface area is 110 Å². The van der Waals surface area contributed by atoms with Crippen molar-refractivity contribution in [3.05, 3.63) is 58.3 Å². The van der Waals surface area contributed by atoms with Gasteiger partial charge in [0.25, 0.3) is 0 Å². The molecule has 0 saturated heterocycles. The van der Waals surface area contributed by atoms with Crippen LogP contribution in [0.5, 0.6) is 0 Å². The van der Waals surface area contributed by atoms with Crippen LogP contribution in [0.2, 0.25) is 0 Å². The summed E-state index contributed by atoms with van der Waals surface area (Å²) >= 11 is 1.66. The maximum absolute atomic E-state index is 11.7. The van der Waals surface area contributed by atoms with Gasteiger partial charge in [-0.1, -0.05) is 36.4 Å². The topological polar surface area (TPSA) is 52.3 Å². The van der Waals surface area contributed by atoms with Gasteiger partial charge in [0.2, 0.25) is 0 Å². The molecule has 4 heteroatoms. The van der Waals surface area contributed by atoms with Gasteiger partial charge in [-0.15, -0.1) is 11.3 Å². The lowest BCUT2D eigenvalue weighted by Gasteiger charge is -2.11. The number of hydrogen-bond donors (Lipinski definition) is 1. The highest BCUT2D eigenvalue weighted by molar-refractivity contribution is 7.09. The van der Waals surface area contributed by atoms with Crippen molar-refractivity contribution in [2.45, 2.75) is 12.5 Å². The highest BCUT2D eigenvalue weighted by Crippen LogP contribution is 2.12. The van der Waals surface area contributed by atoms with Gasteiger partial charge in [-0.3, -0.25) is 0 Å². The normalized spacial score (nSPS) is 12.1. The van der Waals surface area contributed by atoms with Gasteiger partial charge in [-0.25, -0.2) is 4.79 Å². The molecule has 0 fully saturated rings. The van der Waals surface area contributed by atoms with Crippen molar-refractivity contribution in [3.8, 4) is 0 Å². The summed E-state index contributed by atoms with van der Waals surface area (Å²) < 4.78 is 5.17. The van der Waals surface area contributed by atoms with Gasteiger partial charge in [-0.05, 0) is 17.0 Å². The van der Waals surface area contributed by atoms with Gasteiger partial charge in [0.1, 0.15) is 6.04 Å². The Morgan fingerprint density at radius 3 is 2.67 bits per heavy atom. The van der Waals surface area contributed by atoms with Crippen molar-refractivity contribution in [1.82, 2.24) is 0 Å². The van der Waals surface area contributed by atoms with Gasteiger partial charge >= 0.3 is 5.97 Å². The van der Waals surface area contributed by atoms with E-state index in [9.17, 15) is 4.79 Å². The predicted octanol–water partition coefficient (Wildman–Crippen LogP) is 2.53. The third-order valence-corrected chi connectivity index (χ3v) is 3.52. The third-order valence-electron chi connectivity index (χ3n) is 2.59. The van der Waals surface area contributed by atoms with Crippen LogP contribution in [0.15, 0.2) is 47.8 Å². The van der Waals surface area contributed by atoms with E-state index in [1.165, 1.54) is 4.88 Å². The summed E-state index contributed by atoms with van der Waals surface area (Å²) in [6, 6.07) is 12.6. The molecule has 0 aliphatic rings. The zero-order valence-electron chi connectivity index (χ0n) is 9.91. The molecule has 1 heterocycles. The van der Waals surface area contributed by atoms with Crippen LogP contribution in [-0.2, 0) is 16.0 Å². The van der Waals surface area contributed by atoms with Gasteiger partial charge < -0.3 is 10.5 Å². The summed E-state index contributed by atoms with van der Waals surface area (Å²) in [6.07, 6.45) is 0.741. The van der Waals surface area contributed by atoms with Crippen LogP contribution in [0.4, 0.5) is 0 Å². The SMILES string of the molecule is NC(C(=O)OCCc1cccs1)c1ccccc1. The second kappa shape index (κ2) is 6.33. The number of rotatable bonds is 5. The molecule has 0 spiro atoms. The Morgan fingerprint density at radius 1 is 1.22 bits per heavy atom. The minimum atomic E-state index is -0.700. The van der Waals surface area contributed by atoms with Crippen molar-refractivity contribution in [3.63, 3.8) is 0 Å². The van der Waals surface area contributed by atoms with Crippen molar-refractivity contribution in [2.75, 3.05) is 6.61 Å². The quantitative estimate of drug-likeness (QED) is 0.841. The maximum atomic E-state index is 11.7. The minimum absolute atomic E-state index is 0.375. The zero-order valence-corrected chi connectivity index (χ0v) is 10.7. The molecule has 2 aromatic rings. The van der Waals surface area contributed by atoms with Crippen LogP contribution in [-0.4, -0.2) is 12.6 Å². The van der Waals surface area contributed by atoms with E-state index in [0.29, 0.717) is 6.61 Å². The second-order valence-electron chi connectivity index (χ2n) is 3.89. The van der Waals surface area contributed by atoms with Crippen molar-refractivity contribution >= 4 is 17.3 Å². The number of esters is 1. The molecule has 2 N–H and O–H groups in total. The first-order valence-electron chi connectivity index (χ1n) is 5.77. The fourth-order valence-corrected chi connectivity index (χ4v) is 2.28. The lowest BCUT2D eigenvalue weighted by atomic mass is 10.1. The maximum Gasteiger partial charge on any atom is 0.327 e. The fraction of sp³-hybridized carbons (Fsp3) is 0.214. The Bertz CT molecular complexity index is 482. The largest absolute Gasteiger partial charge is 0.464 e. The van der Waals surface area contributed by atoms with Crippen LogP contribution in [0.25, 0.3) is 0 Å². The van der Waals surface area contributed by atoms with E-state index >= 15 is 0 Å². The number of carbonyl (C=O) groups excluding carboxylic acids is 1. The van der Waals surface area contributed by atoms with Crippen LogP contribution in [0.1, 0.15) is 16.5 Å². The Morgan fingerprint density at radius 2 is 2.00 bits per heavy atom. The molecule has 1 atom stereocenters. The van der Waals surface area contributed by atoms with Gasteiger partial charge in [-0.2, -0.15) is 0 Å².